The van der Waals surface area contributed by atoms with Crippen molar-refractivity contribution in [3.05, 3.63) is 42.0 Å². The highest BCUT2D eigenvalue weighted by atomic mass is 127. The second-order valence-corrected chi connectivity index (χ2v) is 8.60. The van der Waals surface area contributed by atoms with Gasteiger partial charge in [0.1, 0.15) is 0 Å². The van der Waals surface area contributed by atoms with Crippen LogP contribution in [0.15, 0.2) is 44.7 Å². The Balaban J connectivity index is 0.00000300. The second kappa shape index (κ2) is 12.4. The SMILES string of the molecule is CN=C(NCCCc1nc(C(C)C)no1)N1CCC(CSc2ccccc2)C1.I. The van der Waals surface area contributed by atoms with Crippen molar-refractivity contribution in [1.82, 2.24) is 20.4 Å². The molecule has 8 heteroatoms. The summed E-state index contributed by atoms with van der Waals surface area (Å²) in [6.45, 7) is 7.14. The summed E-state index contributed by atoms with van der Waals surface area (Å²) in [7, 11) is 1.86. The van der Waals surface area contributed by atoms with Crippen molar-refractivity contribution in [3.63, 3.8) is 0 Å². The van der Waals surface area contributed by atoms with Gasteiger partial charge in [0.2, 0.25) is 5.89 Å². The van der Waals surface area contributed by atoms with E-state index in [0.717, 1.165) is 55.9 Å². The Kier molecular flexibility index (Phi) is 10.3. The highest BCUT2D eigenvalue weighted by Crippen LogP contribution is 2.25. The summed E-state index contributed by atoms with van der Waals surface area (Å²) in [6.07, 6.45) is 2.96. The molecule has 6 nitrogen and oxygen atoms in total. The number of nitrogens with zero attached hydrogens (tertiary/aromatic N) is 4. The van der Waals surface area contributed by atoms with E-state index in [4.69, 9.17) is 4.52 Å². The fourth-order valence-corrected chi connectivity index (χ4v) is 4.32. The maximum Gasteiger partial charge on any atom is 0.226 e. The summed E-state index contributed by atoms with van der Waals surface area (Å²) in [5, 5.41) is 7.50. The van der Waals surface area contributed by atoms with Crippen molar-refractivity contribution in [2.45, 2.75) is 43.9 Å². The normalized spacial score (nSPS) is 16.9. The van der Waals surface area contributed by atoms with Gasteiger partial charge in [-0.15, -0.1) is 35.7 Å². The molecule has 1 aliphatic heterocycles. The Bertz CT molecular complexity index is 753. The molecule has 1 fully saturated rings. The van der Waals surface area contributed by atoms with E-state index in [9.17, 15) is 0 Å². The first kappa shape index (κ1) is 24.0. The van der Waals surface area contributed by atoms with Crippen LogP contribution in [0.25, 0.3) is 0 Å². The molecule has 1 aromatic heterocycles. The number of halogens is 1. The number of aryl methyl sites for hydroxylation is 1. The van der Waals surface area contributed by atoms with Crippen LogP contribution in [0.4, 0.5) is 0 Å². The van der Waals surface area contributed by atoms with Crippen LogP contribution in [-0.2, 0) is 6.42 Å². The van der Waals surface area contributed by atoms with Crippen molar-refractivity contribution < 1.29 is 4.52 Å². The van der Waals surface area contributed by atoms with E-state index in [-0.39, 0.29) is 24.0 Å². The first-order valence-electron chi connectivity index (χ1n) is 10.1. The fraction of sp³-hybridized carbons (Fsp3) is 0.571. The van der Waals surface area contributed by atoms with E-state index in [1.54, 1.807) is 0 Å². The van der Waals surface area contributed by atoms with Crippen molar-refractivity contribution in [3.8, 4) is 0 Å². The van der Waals surface area contributed by atoms with Gasteiger partial charge in [-0.2, -0.15) is 4.98 Å². The number of benzene rings is 1. The molecule has 1 aliphatic rings. The lowest BCUT2D eigenvalue weighted by Crippen LogP contribution is -2.40. The summed E-state index contributed by atoms with van der Waals surface area (Å²) in [4.78, 5) is 12.6. The van der Waals surface area contributed by atoms with Crippen LogP contribution >= 0.6 is 35.7 Å². The minimum atomic E-state index is 0. The molecule has 1 atom stereocenters. The summed E-state index contributed by atoms with van der Waals surface area (Å²) < 4.78 is 5.30. The van der Waals surface area contributed by atoms with E-state index < -0.39 is 0 Å². The lowest BCUT2D eigenvalue weighted by atomic mass is 10.2. The second-order valence-electron chi connectivity index (χ2n) is 7.50. The maximum atomic E-state index is 5.30. The molecule has 0 saturated carbocycles. The summed E-state index contributed by atoms with van der Waals surface area (Å²) in [5.41, 5.74) is 0. The molecule has 160 valence electrons. The van der Waals surface area contributed by atoms with Gasteiger partial charge in [-0.1, -0.05) is 37.2 Å². The maximum absolute atomic E-state index is 5.30. The molecular weight excluding hydrogens is 497 g/mol. The Morgan fingerprint density at radius 1 is 1.34 bits per heavy atom. The van der Waals surface area contributed by atoms with Gasteiger partial charge in [-0.05, 0) is 30.9 Å². The first-order chi connectivity index (χ1) is 13.7. The number of rotatable bonds is 8. The minimum Gasteiger partial charge on any atom is -0.356 e. The monoisotopic (exact) mass is 529 g/mol. The van der Waals surface area contributed by atoms with Gasteiger partial charge in [0.05, 0.1) is 0 Å². The Hall–Kier alpha value is -1.29. The molecule has 2 heterocycles. The number of aromatic nitrogens is 2. The fourth-order valence-electron chi connectivity index (χ4n) is 3.27. The zero-order chi connectivity index (χ0) is 19.8. The van der Waals surface area contributed by atoms with Crippen LogP contribution < -0.4 is 5.32 Å². The predicted molar refractivity (Wildman–Crippen MR) is 130 cm³/mol. The Labute approximate surface area is 195 Å². The van der Waals surface area contributed by atoms with Crippen molar-refractivity contribution in [2.75, 3.05) is 32.4 Å². The zero-order valence-electron chi connectivity index (χ0n) is 17.5. The highest BCUT2D eigenvalue weighted by molar-refractivity contribution is 14.0. The summed E-state index contributed by atoms with van der Waals surface area (Å²) in [6, 6.07) is 10.6. The van der Waals surface area contributed by atoms with Gasteiger partial charge in [0, 0.05) is 49.7 Å². The quantitative estimate of drug-likeness (QED) is 0.180. The van der Waals surface area contributed by atoms with Crippen molar-refractivity contribution in [1.29, 1.82) is 0 Å². The topological polar surface area (TPSA) is 66.5 Å². The van der Waals surface area contributed by atoms with Crippen LogP contribution in [0.3, 0.4) is 0 Å². The largest absolute Gasteiger partial charge is 0.356 e. The Morgan fingerprint density at radius 2 is 2.14 bits per heavy atom. The van der Waals surface area contributed by atoms with E-state index >= 15 is 0 Å². The van der Waals surface area contributed by atoms with Crippen LogP contribution in [0.2, 0.25) is 0 Å². The smallest absolute Gasteiger partial charge is 0.226 e. The first-order valence-corrected chi connectivity index (χ1v) is 11.1. The number of guanidine groups is 1. The number of thioether (sulfide) groups is 1. The molecule has 0 radical (unpaired) electrons. The number of hydrogen-bond acceptors (Lipinski definition) is 5. The molecule has 1 saturated heterocycles. The average molecular weight is 529 g/mol. The molecule has 0 aliphatic carbocycles. The van der Waals surface area contributed by atoms with Crippen LogP contribution in [-0.4, -0.2) is 53.4 Å². The summed E-state index contributed by atoms with van der Waals surface area (Å²) >= 11 is 1.95. The average Bonchev–Trinajstić information content (AvgIpc) is 3.37. The third-order valence-corrected chi connectivity index (χ3v) is 6.12. The molecule has 0 spiro atoms. The van der Waals surface area contributed by atoms with Crippen LogP contribution in [0, 0.1) is 5.92 Å². The molecule has 0 amide bonds. The van der Waals surface area contributed by atoms with E-state index in [0.29, 0.717) is 11.8 Å². The van der Waals surface area contributed by atoms with Gasteiger partial charge in [0.25, 0.3) is 0 Å². The number of aliphatic imine (C=N–C) groups is 1. The standard InChI is InChI=1S/C21H31N5OS.HI/c1-16(2)20-24-19(27-25-20)10-7-12-23-21(22-3)26-13-11-17(14-26)15-28-18-8-5-4-6-9-18;/h4-6,8-9,16-17H,7,10-15H2,1-3H3,(H,22,23);1H. The van der Waals surface area contributed by atoms with Crippen LogP contribution in [0.1, 0.15) is 44.3 Å². The van der Waals surface area contributed by atoms with E-state index in [1.165, 1.54) is 11.3 Å². The van der Waals surface area contributed by atoms with Gasteiger partial charge < -0.3 is 14.7 Å². The third kappa shape index (κ3) is 7.47. The van der Waals surface area contributed by atoms with Crippen LogP contribution in [0.5, 0.6) is 0 Å². The molecule has 29 heavy (non-hydrogen) atoms. The molecule has 0 bridgehead atoms. The van der Waals surface area contributed by atoms with Gasteiger partial charge in [-0.25, -0.2) is 0 Å². The molecule has 1 unspecified atom stereocenters. The molecule has 3 rings (SSSR count). The summed E-state index contributed by atoms with van der Waals surface area (Å²) in [5.74, 6) is 4.68. The minimum absolute atomic E-state index is 0. The lowest BCUT2D eigenvalue weighted by molar-refractivity contribution is 0.368. The van der Waals surface area contributed by atoms with Crippen molar-refractivity contribution in [2.24, 2.45) is 10.9 Å². The Morgan fingerprint density at radius 3 is 2.83 bits per heavy atom. The lowest BCUT2D eigenvalue weighted by Gasteiger charge is -2.21. The third-order valence-electron chi connectivity index (χ3n) is 4.88. The predicted octanol–water partition coefficient (Wildman–Crippen LogP) is 4.43. The molecular formula is C21H32IN5OS. The van der Waals surface area contributed by atoms with Gasteiger partial charge in [0.15, 0.2) is 11.8 Å². The van der Waals surface area contributed by atoms with Crippen molar-refractivity contribution >= 4 is 41.7 Å². The number of hydrogen-bond donors (Lipinski definition) is 1. The zero-order valence-corrected chi connectivity index (χ0v) is 20.7. The van der Waals surface area contributed by atoms with Gasteiger partial charge in [-0.3, -0.25) is 4.99 Å². The highest BCUT2D eigenvalue weighted by Gasteiger charge is 2.24. The van der Waals surface area contributed by atoms with E-state index in [2.05, 4.69) is 69.5 Å². The molecule has 1 N–H and O–H groups in total. The number of likely N-dealkylation sites (tertiary alicyclic amines) is 1. The number of nitrogens with one attached hydrogen (secondary N) is 1. The van der Waals surface area contributed by atoms with Gasteiger partial charge >= 0.3 is 0 Å². The molecule has 1 aromatic carbocycles. The molecule has 2 aromatic rings. The van der Waals surface area contributed by atoms with E-state index in [1.807, 2.05) is 18.8 Å².